The van der Waals surface area contributed by atoms with E-state index in [1.165, 1.54) is 0 Å². The predicted octanol–water partition coefficient (Wildman–Crippen LogP) is 0.458. The smallest absolute Gasteiger partial charge is 0.0561 e. The molecule has 0 saturated carbocycles. The van der Waals surface area contributed by atoms with Crippen LogP contribution < -0.4 is 0 Å². The molecule has 0 spiro atoms. The van der Waals surface area contributed by atoms with Crippen molar-refractivity contribution in [2.45, 2.75) is 19.4 Å². The number of aliphatic hydroxyl groups excluding tert-OH is 1. The summed E-state index contributed by atoms with van der Waals surface area (Å²) in [4.78, 5) is 3.69. The average Bonchev–Trinajstić information content (AvgIpc) is 1.61. The predicted molar refractivity (Wildman–Crippen MR) is 30.7 cm³/mol. The van der Waals surface area contributed by atoms with Gasteiger partial charge in [0.25, 0.3) is 0 Å². The van der Waals surface area contributed by atoms with Gasteiger partial charge in [-0.05, 0) is 6.92 Å². The molecule has 1 unspecified atom stereocenters. The fraction of sp³-hybridized carbons (Fsp3) is 0.800. The van der Waals surface area contributed by atoms with E-state index in [1.54, 1.807) is 20.2 Å². The third-order valence-corrected chi connectivity index (χ3v) is 0.629. The second kappa shape index (κ2) is 3.81. The molecular weight excluding hydrogens is 90.1 g/mol. The molecule has 2 nitrogen and oxygen atoms in total. The van der Waals surface area contributed by atoms with E-state index in [0.717, 1.165) is 0 Å². The molecule has 0 aliphatic rings. The molecule has 0 fully saturated rings. The summed E-state index contributed by atoms with van der Waals surface area (Å²) >= 11 is 0. The molecule has 0 aliphatic carbocycles. The Bertz CT molecular complexity index is 59.1. The molecule has 7 heavy (non-hydrogen) atoms. The quantitative estimate of drug-likeness (QED) is 0.503. The molecule has 0 bridgehead atoms. The van der Waals surface area contributed by atoms with Crippen LogP contribution >= 0.6 is 0 Å². The lowest BCUT2D eigenvalue weighted by molar-refractivity contribution is 0.204. The SMILES string of the molecule is CN=CCC(C)O. The molecule has 0 amide bonds. The number of aliphatic imine (C=N–C) groups is 1. The van der Waals surface area contributed by atoms with Crippen LogP contribution in [0.4, 0.5) is 0 Å². The van der Waals surface area contributed by atoms with Crippen molar-refractivity contribution in [1.29, 1.82) is 0 Å². The second-order valence-electron chi connectivity index (χ2n) is 1.53. The van der Waals surface area contributed by atoms with Gasteiger partial charge in [0, 0.05) is 19.7 Å². The summed E-state index contributed by atoms with van der Waals surface area (Å²) in [6.07, 6.45) is 2.12. The Morgan fingerprint density at radius 1 is 1.86 bits per heavy atom. The summed E-state index contributed by atoms with van der Waals surface area (Å²) < 4.78 is 0. The van der Waals surface area contributed by atoms with E-state index in [0.29, 0.717) is 6.42 Å². The molecule has 0 radical (unpaired) electrons. The summed E-state index contributed by atoms with van der Waals surface area (Å²) in [6.45, 7) is 1.74. The lowest BCUT2D eigenvalue weighted by Crippen LogP contribution is -1.98. The Morgan fingerprint density at radius 2 is 2.43 bits per heavy atom. The van der Waals surface area contributed by atoms with Gasteiger partial charge in [0.05, 0.1) is 6.10 Å². The van der Waals surface area contributed by atoms with Crippen molar-refractivity contribution < 1.29 is 5.11 Å². The Balaban J connectivity index is 2.97. The molecule has 2 heteroatoms. The van der Waals surface area contributed by atoms with Crippen LogP contribution in [-0.4, -0.2) is 24.5 Å². The van der Waals surface area contributed by atoms with Gasteiger partial charge in [0.15, 0.2) is 0 Å². The van der Waals surface area contributed by atoms with Crippen LogP contribution in [0.5, 0.6) is 0 Å². The molecule has 0 saturated heterocycles. The first-order valence-corrected chi connectivity index (χ1v) is 2.36. The van der Waals surface area contributed by atoms with Gasteiger partial charge in [0.1, 0.15) is 0 Å². The summed E-state index contributed by atoms with van der Waals surface area (Å²) in [6, 6.07) is 0. The van der Waals surface area contributed by atoms with Crippen molar-refractivity contribution >= 4 is 6.21 Å². The van der Waals surface area contributed by atoms with Crippen LogP contribution in [0.1, 0.15) is 13.3 Å². The first-order chi connectivity index (χ1) is 3.27. The van der Waals surface area contributed by atoms with Crippen LogP contribution in [0.15, 0.2) is 4.99 Å². The first kappa shape index (κ1) is 6.63. The lowest BCUT2D eigenvalue weighted by atomic mass is 10.3. The minimum absolute atomic E-state index is 0.247. The van der Waals surface area contributed by atoms with E-state index < -0.39 is 0 Å². The molecule has 1 N–H and O–H groups in total. The van der Waals surface area contributed by atoms with Crippen LogP contribution in [0.25, 0.3) is 0 Å². The molecule has 0 aromatic carbocycles. The molecule has 0 heterocycles. The van der Waals surface area contributed by atoms with Crippen molar-refractivity contribution in [2.75, 3.05) is 7.05 Å². The average molecular weight is 101 g/mol. The summed E-state index contributed by atoms with van der Waals surface area (Å²) in [5.41, 5.74) is 0. The molecule has 1 atom stereocenters. The highest BCUT2D eigenvalue weighted by Crippen LogP contribution is 1.82. The van der Waals surface area contributed by atoms with Crippen molar-refractivity contribution in [3.05, 3.63) is 0 Å². The van der Waals surface area contributed by atoms with Gasteiger partial charge in [-0.25, -0.2) is 0 Å². The zero-order valence-corrected chi connectivity index (χ0v) is 4.76. The Morgan fingerprint density at radius 3 is 2.57 bits per heavy atom. The topological polar surface area (TPSA) is 32.6 Å². The van der Waals surface area contributed by atoms with E-state index in [-0.39, 0.29) is 6.10 Å². The number of nitrogens with zero attached hydrogens (tertiary/aromatic N) is 1. The maximum absolute atomic E-state index is 8.59. The zero-order chi connectivity index (χ0) is 5.70. The van der Waals surface area contributed by atoms with Gasteiger partial charge < -0.3 is 10.1 Å². The molecule has 42 valence electrons. The fourth-order valence-electron chi connectivity index (χ4n) is 0.258. The summed E-state index contributed by atoms with van der Waals surface area (Å²) in [7, 11) is 1.70. The number of rotatable bonds is 2. The minimum Gasteiger partial charge on any atom is -0.393 e. The van der Waals surface area contributed by atoms with Crippen molar-refractivity contribution in [3.8, 4) is 0 Å². The van der Waals surface area contributed by atoms with Crippen LogP contribution in [0.3, 0.4) is 0 Å². The standard InChI is InChI=1S/C5H11NO/c1-5(7)3-4-6-2/h4-5,7H,3H2,1-2H3. The van der Waals surface area contributed by atoms with Crippen molar-refractivity contribution in [2.24, 2.45) is 4.99 Å². The van der Waals surface area contributed by atoms with E-state index in [9.17, 15) is 0 Å². The van der Waals surface area contributed by atoms with Crippen molar-refractivity contribution in [1.82, 2.24) is 0 Å². The molecule has 0 aliphatic heterocycles. The monoisotopic (exact) mass is 101 g/mol. The Labute approximate surface area is 43.9 Å². The van der Waals surface area contributed by atoms with E-state index in [2.05, 4.69) is 4.99 Å². The molecule has 0 aromatic heterocycles. The van der Waals surface area contributed by atoms with Crippen LogP contribution in [0.2, 0.25) is 0 Å². The van der Waals surface area contributed by atoms with Gasteiger partial charge in [0.2, 0.25) is 0 Å². The summed E-state index contributed by atoms with van der Waals surface area (Å²) in [5.74, 6) is 0. The fourth-order valence-corrected chi connectivity index (χ4v) is 0.258. The zero-order valence-electron chi connectivity index (χ0n) is 4.76. The summed E-state index contributed by atoms with van der Waals surface area (Å²) in [5, 5.41) is 8.59. The maximum Gasteiger partial charge on any atom is 0.0561 e. The number of hydrogen-bond acceptors (Lipinski definition) is 2. The second-order valence-corrected chi connectivity index (χ2v) is 1.53. The first-order valence-electron chi connectivity index (χ1n) is 2.36. The lowest BCUT2D eigenvalue weighted by Gasteiger charge is -1.92. The molecular formula is C5H11NO. The third kappa shape index (κ3) is 5.63. The van der Waals surface area contributed by atoms with Crippen molar-refractivity contribution in [3.63, 3.8) is 0 Å². The van der Waals surface area contributed by atoms with Gasteiger partial charge >= 0.3 is 0 Å². The highest BCUT2D eigenvalue weighted by Gasteiger charge is 1.86. The van der Waals surface area contributed by atoms with Gasteiger partial charge in [-0.15, -0.1) is 0 Å². The molecule has 0 rings (SSSR count). The van der Waals surface area contributed by atoms with Gasteiger partial charge in [-0.3, -0.25) is 0 Å². The van der Waals surface area contributed by atoms with Crippen LogP contribution in [0, 0.1) is 0 Å². The normalized spacial score (nSPS) is 15.3. The Kier molecular flexibility index (Phi) is 3.61. The number of aliphatic hydroxyl groups is 1. The van der Waals surface area contributed by atoms with E-state index >= 15 is 0 Å². The van der Waals surface area contributed by atoms with Gasteiger partial charge in [-0.1, -0.05) is 0 Å². The Hall–Kier alpha value is -0.370. The highest BCUT2D eigenvalue weighted by atomic mass is 16.3. The third-order valence-electron chi connectivity index (χ3n) is 0.629. The largest absolute Gasteiger partial charge is 0.393 e. The number of hydrogen-bond donors (Lipinski definition) is 1. The molecule has 0 aromatic rings. The van der Waals surface area contributed by atoms with Crippen LogP contribution in [-0.2, 0) is 0 Å². The minimum atomic E-state index is -0.247. The van der Waals surface area contributed by atoms with Gasteiger partial charge in [-0.2, -0.15) is 0 Å². The highest BCUT2D eigenvalue weighted by molar-refractivity contribution is 5.57. The van der Waals surface area contributed by atoms with E-state index in [4.69, 9.17) is 5.11 Å². The van der Waals surface area contributed by atoms with E-state index in [1.807, 2.05) is 0 Å². The maximum atomic E-state index is 8.59.